The maximum absolute atomic E-state index is 12.0. The zero-order valence-electron chi connectivity index (χ0n) is 23.8. The maximum atomic E-state index is 12.0. The molecule has 0 aromatic carbocycles. The molecule has 0 nitrogen and oxygen atoms in total. The van der Waals surface area contributed by atoms with Crippen LogP contribution in [0.4, 0.5) is 17.6 Å². The summed E-state index contributed by atoms with van der Waals surface area (Å²) in [5.74, 6) is 5.94. The smallest absolute Gasteiger partial charge is 0.104 e. The highest BCUT2D eigenvalue weighted by Crippen LogP contribution is 2.41. The van der Waals surface area contributed by atoms with Gasteiger partial charge in [0.2, 0.25) is 0 Å². The Morgan fingerprint density at radius 1 is 0.382 bits per heavy atom. The normalized spacial score (nSPS) is 36.4. The predicted octanol–water partition coefficient (Wildman–Crippen LogP) is 10.1. The van der Waals surface area contributed by atoms with Crippen LogP contribution >= 0.6 is 0 Å². The molecule has 5 rings (SSSR count). The molecule has 0 unspecified atom stereocenters. The lowest BCUT2D eigenvalue weighted by Crippen LogP contribution is -1.90. The van der Waals surface area contributed by atoms with Crippen molar-refractivity contribution in [2.24, 2.45) is 59.2 Å². The monoisotopic (exact) mass is 492 g/mol. The van der Waals surface area contributed by atoms with E-state index in [1.54, 1.807) is 0 Å². The molecule has 34 heavy (non-hydrogen) atoms. The Hall–Kier alpha value is -0.280. The molecule has 0 amide bonds. The van der Waals surface area contributed by atoms with Gasteiger partial charge in [-0.05, 0) is 97.7 Å². The van der Waals surface area contributed by atoms with Crippen LogP contribution in [0, 0.1) is 59.2 Å². The van der Waals surface area contributed by atoms with E-state index in [2.05, 4.69) is 69.2 Å². The number of hydrogen-bond acceptors (Lipinski definition) is 0. The Morgan fingerprint density at radius 3 is 0.559 bits per heavy atom. The minimum absolute atomic E-state index is 0.403. The average Bonchev–Trinajstić information content (AvgIpc) is 3.54. The van der Waals surface area contributed by atoms with E-state index in [1.165, 1.54) is 12.8 Å². The second-order valence-electron chi connectivity index (χ2n) is 13.2. The number of alkyl halides is 4. The molecule has 5 aliphatic rings. The van der Waals surface area contributed by atoms with Gasteiger partial charge in [-0.2, -0.15) is 0 Å². The lowest BCUT2D eigenvalue weighted by atomic mass is 10.1. The highest BCUT2D eigenvalue weighted by Gasteiger charge is 2.40. The first-order valence-electron chi connectivity index (χ1n) is 14.2. The van der Waals surface area contributed by atoms with Crippen molar-refractivity contribution in [3.05, 3.63) is 0 Å². The Balaban J connectivity index is 0.000000213. The quantitative estimate of drug-likeness (QED) is 0.335. The molecule has 0 saturated heterocycles. The molecule has 5 aliphatic carbocycles. The van der Waals surface area contributed by atoms with Crippen LogP contribution in [0.2, 0.25) is 0 Å². The van der Waals surface area contributed by atoms with Crippen LogP contribution in [-0.2, 0) is 0 Å². The van der Waals surface area contributed by atoms with E-state index in [0.717, 1.165) is 37.5 Å². The van der Waals surface area contributed by atoms with Gasteiger partial charge in [-0.25, -0.2) is 17.6 Å². The first kappa shape index (κ1) is 31.7. The fourth-order valence-electron chi connectivity index (χ4n) is 4.25. The van der Waals surface area contributed by atoms with Crippen LogP contribution in [0.5, 0.6) is 0 Å². The van der Waals surface area contributed by atoms with Gasteiger partial charge in [0.25, 0.3) is 0 Å². The molecular weight excluding hydrogens is 436 g/mol. The molecule has 0 N–H and O–H groups in total. The van der Waals surface area contributed by atoms with Gasteiger partial charge in [-0.15, -0.1) is 0 Å². The second-order valence-corrected chi connectivity index (χ2v) is 13.2. The van der Waals surface area contributed by atoms with Gasteiger partial charge in [0, 0.05) is 0 Å². The first-order chi connectivity index (χ1) is 15.7. The summed E-state index contributed by atoms with van der Waals surface area (Å²) < 4.78 is 48.1. The second kappa shape index (κ2) is 14.5. The van der Waals surface area contributed by atoms with Gasteiger partial charge in [0.05, 0.1) is 0 Å². The van der Waals surface area contributed by atoms with Crippen LogP contribution in [-0.4, -0.2) is 24.7 Å². The van der Waals surface area contributed by atoms with Gasteiger partial charge in [0.15, 0.2) is 0 Å². The van der Waals surface area contributed by atoms with E-state index >= 15 is 0 Å². The summed E-state index contributed by atoms with van der Waals surface area (Å²) in [4.78, 5) is 0. The Morgan fingerprint density at radius 2 is 0.559 bits per heavy atom. The maximum Gasteiger partial charge on any atom is 0.104 e. The summed E-state index contributed by atoms with van der Waals surface area (Å²) in [6.07, 6.45) is 4.43. The van der Waals surface area contributed by atoms with E-state index in [-0.39, 0.29) is 0 Å². The molecule has 5 fully saturated rings. The van der Waals surface area contributed by atoms with Crippen LogP contribution < -0.4 is 0 Å². The van der Waals surface area contributed by atoms with E-state index < -0.39 is 24.7 Å². The van der Waals surface area contributed by atoms with Gasteiger partial charge < -0.3 is 0 Å². The van der Waals surface area contributed by atoms with Crippen molar-refractivity contribution in [1.82, 2.24) is 0 Å². The topological polar surface area (TPSA) is 0 Å². The summed E-state index contributed by atoms with van der Waals surface area (Å²) in [5, 5.41) is 0. The Kier molecular flexibility index (Phi) is 13.5. The van der Waals surface area contributed by atoms with E-state index in [4.69, 9.17) is 0 Å². The zero-order chi connectivity index (χ0) is 26.3. The van der Waals surface area contributed by atoms with E-state index in [9.17, 15) is 17.6 Å². The molecule has 0 bridgehead atoms. The Bertz CT molecular complexity index is 460. The highest BCUT2D eigenvalue weighted by molar-refractivity contribution is 4.89. The summed E-state index contributed by atoms with van der Waals surface area (Å²) in [5.41, 5.74) is 0. The van der Waals surface area contributed by atoms with Crippen molar-refractivity contribution in [2.75, 3.05) is 0 Å². The van der Waals surface area contributed by atoms with Crippen molar-refractivity contribution in [3.8, 4) is 0 Å². The summed E-state index contributed by atoms with van der Waals surface area (Å²) in [6.45, 7) is 21.2. The molecule has 4 heteroatoms. The third kappa shape index (κ3) is 13.7. The molecule has 204 valence electrons. The predicted molar refractivity (Wildman–Crippen MR) is 139 cm³/mol. The first-order valence-corrected chi connectivity index (χ1v) is 14.2. The van der Waals surface area contributed by atoms with Gasteiger partial charge in [0.1, 0.15) is 24.7 Å². The zero-order valence-corrected chi connectivity index (χ0v) is 23.8. The third-order valence-electron chi connectivity index (χ3n) is 8.03. The van der Waals surface area contributed by atoms with Crippen LogP contribution in [0.1, 0.15) is 108 Å². The lowest BCUT2D eigenvalue weighted by Gasteiger charge is -1.95. The van der Waals surface area contributed by atoms with Gasteiger partial charge in [-0.1, -0.05) is 69.2 Å². The van der Waals surface area contributed by atoms with Gasteiger partial charge in [-0.3, -0.25) is 0 Å². The molecular formula is C30H56F4. The molecule has 0 aromatic rings. The van der Waals surface area contributed by atoms with Crippen LogP contribution in [0.25, 0.3) is 0 Å². The Labute approximate surface area is 209 Å². The molecule has 0 radical (unpaired) electrons. The third-order valence-corrected chi connectivity index (χ3v) is 8.03. The number of halogens is 4. The SMILES string of the molecule is CC(C)C1CC1.CC(C)[C@@H]1C[C@@H]1F.CC(C)[C@@H]1C[C@H]1F.CC(C)[C@H]1C[C@@H]1F.CC(C)[C@H]1C[C@H]1F. The number of rotatable bonds is 5. The molecule has 0 heterocycles. The largest absolute Gasteiger partial charge is 0.247 e. The fourth-order valence-corrected chi connectivity index (χ4v) is 4.25. The van der Waals surface area contributed by atoms with E-state index in [1.807, 2.05) is 0 Å². The van der Waals surface area contributed by atoms with Crippen molar-refractivity contribution in [1.29, 1.82) is 0 Å². The van der Waals surface area contributed by atoms with Gasteiger partial charge >= 0.3 is 0 Å². The molecule has 0 aliphatic heterocycles. The summed E-state index contributed by atoms with van der Waals surface area (Å²) in [6, 6.07) is 0. The van der Waals surface area contributed by atoms with E-state index in [0.29, 0.717) is 47.3 Å². The minimum atomic E-state index is -0.458. The van der Waals surface area contributed by atoms with Crippen molar-refractivity contribution in [3.63, 3.8) is 0 Å². The molecule has 0 aromatic heterocycles. The molecule has 0 spiro atoms. The van der Waals surface area contributed by atoms with Crippen LogP contribution in [0.3, 0.4) is 0 Å². The minimum Gasteiger partial charge on any atom is -0.247 e. The lowest BCUT2D eigenvalue weighted by molar-refractivity contribution is 0.402. The summed E-state index contributed by atoms with van der Waals surface area (Å²) >= 11 is 0. The summed E-state index contributed by atoms with van der Waals surface area (Å²) in [7, 11) is 0. The number of hydrogen-bond donors (Lipinski definition) is 0. The standard InChI is InChI=1S/4C6H11F.C6H12/c4*1-4(2)5-3-6(5)7;1-5(2)6-3-4-6/h4*4-6H,3H2,1-2H3;5-6H,3-4H2,1-2H3/t2*5-,6+;2*5-,6-;/m1010./s1. The highest BCUT2D eigenvalue weighted by atomic mass is 19.1. The average molecular weight is 493 g/mol. The van der Waals surface area contributed by atoms with Crippen molar-refractivity contribution < 1.29 is 17.6 Å². The van der Waals surface area contributed by atoms with Crippen molar-refractivity contribution >= 4 is 0 Å². The van der Waals surface area contributed by atoms with Crippen LogP contribution in [0.15, 0.2) is 0 Å². The fraction of sp³-hybridized carbons (Fsp3) is 1.00. The molecule has 8 atom stereocenters. The molecule has 5 saturated carbocycles. The van der Waals surface area contributed by atoms with Crippen molar-refractivity contribution in [2.45, 2.75) is 132 Å².